The van der Waals surface area contributed by atoms with Crippen molar-refractivity contribution in [2.75, 3.05) is 36.5 Å². The number of carbonyl (C=O) groups excluding carboxylic acids is 1. The van der Waals surface area contributed by atoms with Crippen LogP contribution in [-0.2, 0) is 9.53 Å². The highest BCUT2D eigenvalue weighted by Crippen LogP contribution is 2.19. The lowest BCUT2D eigenvalue weighted by Crippen LogP contribution is -2.36. The predicted octanol–water partition coefficient (Wildman–Crippen LogP) is 3.24. The number of amides is 1. The number of benzene rings is 1. The van der Waals surface area contributed by atoms with Gasteiger partial charge in [0.05, 0.1) is 13.2 Å². The van der Waals surface area contributed by atoms with Crippen LogP contribution in [0.1, 0.15) is 5.56 Å². The van der Waals surface area contributed by atoms with Crippen LogP contribution in [0, 0.1) is 0 Å². The molecule has 1 aromatic carbocycles. The minimum atomic E-state index is -0.120. The molecule has 5 heteroatoms. The van der Waals surface area contributed by atoms with Gasteiger partial charge in [0.15, 0.2) is 0 Å². The Morgan fingerprint density at radius 3 is 2.64 bits per heavy atom. The molecule has 0 radical (unpaired) electrons. The van der Waals surface area contributed by atoms with Crippen molar-refractivity contribution >= 4 is 34.7 Å². The fourth-order valence-corrected chi connectivity index (χ4v) is 2.93. The van der Waals surface area contributed by atoms with Crippen LogP contribution in [0.25, 0.3) is 6.08 Å². The fourth-order valence-electron chi connectivity index (χ4n) is 2.30. The molecule has 2 heterocycles. The Kier molecular flexibility index (Phi) is 4.88. The molecule has 1 aliphatic heterocycles. The quantitative estimate of drug-likeness (QED) is 0.881. The van der Waals surface area contributed by atoms with Gasteiger partial charge in [-0.15, -0.1) is 0 Å². The van der Waals surface area contributed by atoms with Gasteiger partial charge in [0.1, 0.15) is 0 Å². The Hall–Kier alpha value is -2.11. The van der Waals surface area contributed by atoms with Gasteiger partial charge in [0.2, 0.25) is 5.91 Å². The van der Waals surface area contributed by atoms with Crippen molar-refractivity contribution in [3.63, 3.8) is 0 Å². The number of nitrogens with zero attached hydrogens (tertiary/aromatic N) is 1. The van der Waals surface area contributed by atoms with Gasteiger partial charge >= 0.3 is 0 Å². The summed E-state index contributed by atoms with van der Waals surface area (Å²) in [5.74, 6) is -0.120. The van der Waals surface area contributed by atoms with Gasteiger partial charge < -0.3 is 15.0 Å². The van der Waals surface area contributed by atoms with E-state index in [-0.39, 0.29) is 5.91 Å². The topological polar surface area (TPSA) is 41.6 Å². The number of thiophene rings is 1. The summed E-state index contributed by atoms with van der Waals surface area (Å²) in [5.41, 5.74) is 3.01. The molecule has 1 aliphatic rings. The Balaban J connectivity index is 1.57. The van der Waals surface area contributed by atoms with E-state index in [2.05, 4.69) is 10.2 Å². The van der Waals surface area contributed by atoms with Crippen molar-refractivity contribution in [2.24, 2.45) is 0 Å². The second-order valence-electron chi connectivity index (χ2n) is 5.03. The first-order valence-electron chi connectivity index (χ1n) is 7.25. The molecule has 114 valence electrons. The molecule has 1 fully saturated rings. The summed E-state index contributed by atoms with van der Waals surface area (Å²) in [6, 6.07) is 9.90. The molecule has 3 rings (SSSR count). The molecule has 0 aliphatic carbocycles. The van der Waals surface area contributed by atoms with Gasteiger partial charge in [0, 0.05) is 30.5 Å². The highest BCUT2D eigenvalue weighted by Gasteiger charge is 2.10. The van der Waals surface area contributed by atoms with Gasteiger partial charge in [0.25, 0.3) is 0 Å². The molecule has 22 heavy (non-hydrogen) atoms. The van der Waals surface area contributed by atoms with E-state index in [1.54, 1.807) is 17.4 Å². The summed E-state index contributed by atoms with van der Waals surface area (Å²) in [6.45, 7) is 3.36. The maximum atomic E-state index is 11.9. The van der Waals surface area contributed by atoms with Gasteiger partial charge in [-0.3, -0.25) is 4.79 Å². The molecule has 1 amide bonds. The van der Waals surface area contributed by atoms with Crippen molar-refractivity contribution in [3.8, 4) is 0 Å². The lowest BCUT2D eigenvalue weighted by Gasteiger charge is -2.28. The van der Waals surface area contributed by atoms with Crippen LogP contribution in [0.2, 0.25) is 0 Å². The molecule has 1 N–H and O–H groups in total. The Labute approximate surface area is 134 Å². The van der Waals surface area contributed by atoms with Crippen molar-refractivity contribution < 1.29 is 9.53 Å². The zero-order chi connectivity index (χ0) is 15.2. The monoisotopic (exact) mass is 314 g/mol. The summed E-state index contributed by atoms with van der Waals surface area (Å²) in [7, 11) is 0. The highest BCUT2D eigenvalue weighted by atomic mass is 32.1. The van der Waals surface area contributed by atoms with Gasteiger partial charge in [-0.1, -0.05) is 0 Å². The molecule has 0 unspecified atom stereocenters. The maximum Gasteiger partial charge on any atom is 0.248 e. The summed E-state index contributed by atoms with van der Waals surface area (Å²) in [5, 5.41) is 6.86. The van der Waals surface area contributed by atoms with Crippen LogP contribution in [0.3, 0.4) is 0 Å². The first-order chi connectivity index (χ1) is 10.8. The molecule has 1 aromatic heterocycles. The average Bonchev–Trinajstić information content (AvgIpc) is 3.08. The maximum absolute atomic E-state index is 11.9. The van der Waals surface area contributed by atoms with Crippen LogP contribution in [0.5, 0.6) is 0 Å². The van der Waals surface area contributed by atoms with Crippen molar-refractivity contribution in [1.82, 2.24) is 0 Å². The normalized spacial score (nSPS) is 15.2. The van der Waals surface area contributed by atoms with Crippen LogP contribution >= 0.6 is 11.3 Å². The van der Waals surface area contributed by atoms with Crippen molar-refractivity contribution in [1.29, 1.82) is 0 Å². The first-order valence-corrected chi connectivity index (χ1v) is 8.19. The van der Waals surface area contributed by atoms with E-state index in [1.165, 1.54) is 0 Å². The van der Waals surface area contributed by atoms with Crippen LogP contribution < -0.4 is 10.2 Å². The van der Waals surface area contributed by atoms with Gasteiger partial charge in [-0.25, -0.2) is 0 Å². The standard InChI is InChI=1S/C17H18N2O2S/c20-17(6-1-14-7-12-22-13-14)18-15-2-4-16(5-3-15)19-8-10-21-11-9-19/h1-7,12-13H,8-11H2,(H,18,20)/b6-1+. The smallest absolute Gasteiger partial charge is 0.248 e. The summed E-state index contributed by atoms with van der Waals surface area (Å²) in [6.07, 6.45) is 3.37. The molecular weight excluding hydrogens is 296 g/mol. The van der Waals surface area contributed by atoms with E-state index >= 15 is 0 Å². The number of hydrogen-bond donors (Lipinski definition) is 1. The number of ether oxygens (including phenoxy) is 1. The summed E-state index contributed by atoms with van der Waals surface area (Å²) in [4.78, 5) is 14.2. The number of anilines is 2. The molecule has 2 aromatic rings. The van der Waals surface area contributed by atoms with Gasteiger partial charge in [-0.2, -0.15) is 11.3 Å². The number of morpholine rings is 1. The van der Waals surface area contributed by atoms with E-state index in [4.69, 9.17) is 4.74 Å². The van der Waals surface area contributed by atoms with Crippen LogP contribution in [0.15, 0.2) is 47.2 Å². The number of carbonyl (C=O) groups is 1. The third kappa shape index (κ3) is 3.96. The van der Waals surface area contributed by atoms with E-state index in [9.17, 15) is 4.79 Å². The van der Waals surface area contributed by atoms with Crippen LogP contribution in [-0.4, -0.2) is 32.2 Å². The summed E-state index contributed by atoms with van der Waals surface area (Å²) < 4.78 is 5.35. The summed E-state index contributed by atoms with van der Waals surface area (Å²) >= 11 is 1.61. The molecular formula is C17H18N2O2S. The highest BCUT2D eigenvalue weighted by molar-refractivity contribution is 7.08. The van der Waals surface area contributed by atoms with E-state index in [0.717, 1.165) is 43.2 Å². The lowest BCUT2D eigenvalue weighted by molar-refractivity contribution is -0.111. The number of hydrogen-bond acceptors (Lipinski definition) is 4. The SMILES string of the molecule is O=C(/C=C/c1ccsc1)Nc1ccc(N2CCOCC2)cc1. The third-order valence-electron chi connectivity index (χ3n) is 3.48. The Morgan fingerprint density at radius 2 is 1.95 bits per heavy atom. The first kappa shape index (κ1) is 14.8. The van der Waals surface area contributed by atoms with Crippen molar-refractivity contribution in [3.05, 3.63) is 52.7 Å². The second-order valence-corrected chi connectivity index (χ2v) is 5.81. The number of nitrogens with one attached hydrogen (secondary N) is 1. The van der Waals surface area contributed by atoms with E-state index < -0.39 is 0 Å². The van der Waals surface area contributed by atoms with Crippen molar-refractivity contribution in [2.45, 2.75) is 0 Å². The predicted molar refractivity (Wildman–Crippen MR) is 91.5 cm³/mol. The Bertz CT molecular complexity index is 629. The molecule has 0 saturated carbocycles. The fraction of sp³-hybridized carbons (Fsp3) is 0.235. The lowest BCUT2D eigenvalue weighted by atomic mass is 10.2. The molecule has 0 spiro atoms. The second kappa shape index (κ2) is 7.24. The van der Waals surface area contributed by atoms with E-state index in [0.29, 0.717) is 0 Å². The molecule has 0 bridgehead atoms. The molecule has 0 atom stereocenters. The Morgan fingerprint density at radius 1 is 1.18 bits per heavy atom. The third-order valence-corrected chi connectivity index (χ3v) is 4.18. The minimum absolute atomic E-state index is 0.120. The zero-order valence-corrected chi connectivity index (χ0v) is 13.0. The largest absolute Gasteiger partial charge is 0.378 e. The molecule has 4 nitrogen and oxygen atoms in total. The average molecular weight is 314 g/mol. The van der Waals surface area contributed by atoms with E-state index in [1.807, 2.05) is 47.2 Å². The minimum Gasteiger partial charge on any atom is -0.378 e. The van der Waals surface area contributed by atoms with Crippen LogP contribution in [0.4, 0.5) is 11.4 Å². The molecule has 1 saturated heterocycles. The number of rotatable bonds is 4. The van der Waals surface area contributed by atoms with Gasteiger partial charge in [-0.05, 0) is 52.7 Å². The zero-order valence-electron chi connectivity index (χ0n) is 12.2.